The molecule has 0 radical (unpaired) electrons. The smallest absolute Gasteiger partial charge is 0.316 e. The second-order valence-electron chi connectivity index (χ2n) is 8.70. The van der Waals surface area contributed by atoms with E-state index < -0.39 is 23.7 Å². The zero-order valence-corrected chi connectivity index (χ0v) is 23.2. The maximum Gasteiger partial charge on any atom is 0.316 e. The summed E-state index contributed by atoms with van der Waals surface area (Å²) in [7, 11) is 0. The van der Waals surface area contributed by atoms with Crippen LogP contribution in [0.15, 0.2) is 48.5 Å². The SMILES string of the molecule is CCOc1ccc(N2C[C@H](C(=O)Oc3ccc(N4C(=O)c5c(Cl)c(Cl)c(Cl)c(Cl)c5C4=O)cc3)CC2=O)cc1. The van der Waals surface area contributed by atoms with Crippen molar-refractivity contribution in [2.75, 3.05) is 23.0 Å². The third-order valence-corrected chi connectivity index (χ3v) is 8.13. The van der Waals surface area contributed by atoms with Crippen LogP contribution >= 0.6 is 46.4 Å². The number of nitrogens with zero attached hydrogens (tertiary/aromatic N) is 2. The maximum atomic E-state index is 13.0. The number of carbonyl (C=O) groups is 4. The molecule has 3 amide bonds. The second kappa shape index (κ2) is 10.7. The van der Waals surface area contributed by atoms with Gasteiger partial charge < -0.3 is 14.4 Å². The van der Waals surface area contributed by atoms with Crippen LogP contribution < -0.4 is 19.3 Å². The number of carbonyl (C=O) groups excluding carboxylic acids is 4. The minimum absolute atomic E-state index is 0.00576. The molecular formula is C27H18Cl4N2O6. The lowest BCUT2D eigenvalue weighted by Gasteiger charge is -2.17. The quantitative estimate of drug-likeness (QED) is 0.105. The fourth-order valence-electron chi connectivity index (χ4n) is 4.45. The Hall–Kier alpha value is -3.30. The van der Waals surface area contributed by atoms with Gasteiger partial charge in [-0.05, 0) is 55.5 Å². The monoisotopic (exact) mass is 606 g/mol. The predicted octanol–water partition coefficient (Wildman–Crippen LogP) is 6.46. The molecule has 8 nitrogen and oxygen atoms in total. The van der Waals surface area contributed by atoms with Gasteiger partial charge in [0.1, 0.15) is 11.5 Å². The minimum Gasteiger partial charge on any atom is -0.494 e. The molecule has 12 heteroatoms. The lowest BCUT2D eigenvalue weighted by Crippen LogP contribution is -2.29. The topological polar surface area (TPSA) is 93.2 Å². The van der Waals surface area contributed by atoms with E-state index in [4.69, 9.17) is 55.9 Å². The summed E-state index contributed by atoms with van der Waals surface area (Å²) in [5.74, 6) is -2.01. The summed E-state index contributed by atoms with van der Waals surface area (Å²) in [6.07, 6.45) is 0.00576. The van der Waals surface area contributed by atoms with Crippen molar-refractivity contribution in [3.8, 4) is 11.5 Å². The van der Waals surface area contributed by atoms with E-state index in [0.717, 1.165) is 4.90 Å². The molecular weight excluding hydrogens is 590 g/mol. The average molecular weight is 608 g/mol. The summed E-state index contributed by atoms with van der Waals surface area (Å²) in [5.41, 5.74) is 0.573. The molecule has 0 unspecified atom stereocenters. The Morgan fingerprint density at radius 3 is 1.85 bits per heavy atom. The molecule has 5 rings (SSSR count). The van der Waals surface area contributed by atoms with Crippen LogP contribution in [0.4, 0.5) is 11.4 Å². The average Bonchev–Trinajstić information content (AvgIpc) is 3.44. The maximum absolute atomic E-state index is 13.0. The van der Waals surface area contributed by atoms with Crippen LogP contribution in [0, 0.1) is 5.92 Å². The fourth-order valence-corrected chi connectivity index (χ4v) is 5.46. The molecule has 0 spiro atoms. The highest BCUT2D eigenvalue weighted by atomic mass is 35.5. The third kappa shape index (κ3) is 4.82. The first-order valence-electron chi connectivity index (χ1n) is 11.7. The van der Waals surface area contributed by atoms with Gasteiger partial charge in [-0.2, -0.15) is 0 Å². The fraction of sp³-hybridized carbons (Fsp3) is 0.185. The Kier molecular flexibility index (Phi) is 7.48. The lowest BCUT2D eigenvalue weighted by atomic mass is 10.1. The molecule has 0 aromatic heterocycles. The number of rotatable bonds is 6. The molecule has 0 saturated carbocycles. The molecule has 1 fully saturated rings. The number of benzene rings is 3. The van der Waals surface area contributed by atoms with Crippen LogP contribution in [0.1, 0.15) is 34.1 Å². The largest absolute Gasteiger partial charge is 0.494 e. The van der Waals surface area contributed by atoms with E-state index in [-0.39, 0.29) is 61.5 Å². The number of hydrogen-bond donors (Lipinski definition) is 0. The van der Waals surface area contributed by atoms with Crippen molar-refractivity contribution in [3.63, 3.8) is 0 Å². The number of halogens is 4. The van der Waals surface area contributed by atoms with Gasteiger partial charge in [0.25, 0.3) is 11.8 Å². The number of fused-ring (bicyclic) bond motifs is 1. The Balaban J connectivity index is 1.28. The summed E-state index contributed by atoms with van der Waals surface area (Å²) < 4.78 is 10.9. The Bertz CT molecular complexity index is 1480. The van der Waals surface area contributed by atoms with E-state index in [1.807, 2.05) is 6.92 Å². The number of hydrogen-bond acceptors (Lipinski definition) is 6. The highest BCUT2D eigenvalue weighted by molar-refractivity contribution is 6.56. The van der Waals surface area contributed by atoms with Crippen molar-refractivity contribution in [2.45, 2.75) is 13.3 Å². The highest BCUT2D eigenvalue weighted by Gasteiger charge is 2.42. The molecule has 2 aliphatic rings. The van der Waals surface area contributed by atoms with E-state index in [2.05, 4.69) is 0 Å². The first-order chi connectivity index (χ1) is 18.6. The van der Waals surface area contributed by atoms with E-state index in [9.17, 15) is 19.2 Å². The summed E-state index contributed by atoms with van der Waals surface area (Å²) in [5, 5.41) is -0.589. The van der Waals surface area contributed by atoms with Crippen LogP contribution in [-0.4, -0.2) is 36.8 Å². The number of anilines is 2. The molecule has 3 aromatic carbocycles. The second-order valence-corrected chi connectivity index (χ2v) is 10.2. The normalized spacial score (nSPS) is 16.6. The Labute approximate surface area is 242 Å². The van der Waals surface area contributed by atoms with Crippen molar-refractivity contribution in [3.05, 3.63) is 79.7 Å². The number of ether oxygens (including phenoxy) is 2. The molecule has 2 heterocycles. The van der Waals surface area contributed by atoms with Gasteiger partial charge in [-0.25, -0.2) is 4.90 Å². The highest BCUT2D eigenvalue weighted by Crippen LogP contribution is 2.45. The Morgan fingerprint density at radius 2 is 1.31 bits per heavy atom. The summed E-state index contributed by atoms with van der Waals surface area (Å²) in [6, 6.07) is 12.8. The van der Waals surface area contributed by atoms with E-state index >= 15 is 0 Å². The third-order valence-electron chi connectivity index (χ3n) is 6.33. The van der Waals surface area contributed by atoms with Crippen LogP contribution in [0.2, 0.25) is 20.1 Å². The van der Waals surface area contributed by atoms with Gasteiger partial charge in [-0.3, -0.25) is 19.2 Å². The molecule has 1 atom stereocenters. The number of amides is 3. The first kappa shape index (κ1) is 27.3. The molecule has 1 saturated heterocycles. The standard InChI is InChI=1S/C27H18Cl4N2O6/c1-2-38-16-7-3-14(4-8-16)32-12-13(11-18(32)34)27(37)39-17-9-5-15(6-10-17)33-25(35)19-20(26(33)36)22(29)24(31)23(30)21(19)28/h3-10,13H,2,11-12H2,1H3/t13-/m1/s1. The summed E-state index contributed by atoms with van der Waals surface area (Å²) in [6.45, 7) is 2.58. The van der Waals surface area contributed by atoms with Gasteiger partial charge in [-0.1, -0.05) is 46.4 Å². The van der Waals surface area contributed by atoms with Crippen LogP contribution in [0.5, 0.6) is 11.5 Å². The van der Waals surface area contributed by atoms with Gasteiger partial charge in [0.2, 0.25) is 5.91 Å². The summed E-state index contributed by atoms with van der Waals surface area (Å²) in [4.78, 5) is 53.9. The molecule has 3 aromatic rings. The molecule has 2 aliphatic heterocycles. The molecule has 0 aliphatic carbocycles. The molecule has 39 heavy (non-hydrogen) atoms. The van der Waals surface area contributed by atoms with E-state index in [0.29, 0.717) is 18.0 Å². The van der Waals surface area contributed by atoms with Gasteiger partial charge in [0, 0.05) is 18.7 Å². The van der Waals surface area contributed by atoms with Crippen molar-refractivity contribution < 1.29 is 28.7 Å². The minimum atomic E-state index is -0.718. The van der Waals surface area contributed by atoms with Crippen LogP contribution in [0.3, 0.4) is 0 Å². The molecule has 0 bridgehead atoms. The van der Waals surface area contributed by atoms with Crippen LogP contribution in [-0.2, 0) is 9.59 Å². The number of imide groups is 1. The molecule has 200 valence electrons. The van der Waals surface area contributed by atoms with E-state index in [1.165, 1.54) is 29.2 Å². The predicted molar refractivity (Wildman–Crippen MR) is 148 cm³/mol. The molecule has 0 N–H and O–H groups in total. The Morgan fingerprint density at radius 1 is 0.795 bits per heavy atom. The van der Waals surface area contributed by atoms with Crippen molar-refractivity contribution in [1.29, 1.82) is 0 Å². The zero-order valence-electron chi connectivity index (χ0n) is 20.2. The van der Waals surface area contributed by atoms with Gasteiger partial charge >= 0.3 is 5.97 Å². The first-order valence-corrected chi connectivity index (χ1v) is 13.2. The van der Waals surface area contributed by atoms with Crippen molar-refractivity contribution >= 4 is 81.5 Å². The van der Waals surface area contributed by atoms with Gasteiger partial charge in [0.15, 0.2) is 0 Å². The van der Waals surface area contributed by atoms with E-state index in [1.54, 1.807) is 24.3 Å². The summed E-state index contributed by atoms with van der Waals surface area (Å²) >= 11 is 24.5. The van der Waals surface area contributed by atoms with Crippen molar-refractivity contribution in [2.24, 2.45) is 5.92 Å². The zero-order chi connectivity index (χ0) is 28.0. The number of esters is 1. The lowest BCUT2D eigenvalue weighted by molar-refractivity contribution is -0.139. The van der Waals surface area contributed by atoms with Gasteiger partial charge in [-0.15, -0.1) is 0 Å². The van der Waals surface area contributed by atoms with Crippen molar-refractivity contribution in [1.82, 2.24) is 0 Å². The van der Waals surface area contributed by atoms with Crippen LogP contribution in [0.25, 0.3) is 0 Å². The van der Waals surface area contributed by atoms with Gasteiger partial charge in [0.05, 0.1) is 49.4 Å².